The highest BCUT2D eigenvalue weighted by atomic mass is 35.5. The number of nitrogens with zero attached hydrogens (tertiary/aromatic N) is 1. The van der Waals surface area contributed by atoms with Gasteiger partial charge in [0.25, 0.3) is 0 Å². The first-order valence-corrected chi connectivity index (χ1v) is 18.2. The third-order valence-electron chi connectivity index (χ3n) is 8.91. The monoisotopic (exact) mass is 732 g/mol. The van der Waals surface area contributed by atoms with Gasteiger partial charge in [-0.2, -0.15) is 0 Å². The molecule has 2 amide bonds. The Balaban J connectivity index is 0.000000686. The SMILES string of the molecule is COc1cc(NC(=O)C[C@@]2(C)CCC(c3ccc(Cl)c(F)c3)N(C(CS(=O)C(C)(C)C)C3CC3)C2=O)ccc1C(=O)O.Clc1ccccc1. The van der Waals surface area contributed by atoms with E-state index in [9.17, 15) is 28.1 Å². The van der Waals surface area contributed by atoms with Crippen molar-refractivity contribution in [3.63, 3.8) is 0 Å². The van der Waals surface area contributed by atoms with Crippen LogP contribution in [0.4, 0.5) is 10.1 Å². The second-order valence-corrected chi connectivity index (χ2v) is 16.9. The molecule has 0 spiro atoms. The zero-order valence-electron chi connectivity index (χ0n) is 28.3. The smallest absolute Gasteiger partial charge is 0.339 e. The molecule has 3 aromatic carbocycles. The first kappa shape index (κ1) is 38.3. The molecule has 1 heterocycles. The van der Waals surface area contributed by atoms with Crippen LogP contribution in [0.2, 0.25) is 10.0 Å². The summed E-state index contributed by atoms with van der Waals surface area (Å²) in [6.07, 6.45) is 2.56. The van der Waals surface area contributed by atoms with E-state index in [1.807, 2.05) is 51.1 Å². The van der Waals surface area contributed by atoms with E-state index in [1.165, 1.54) is 37.4 Å². The third kappa shape index (κ3) is 9.83. The average Bonchev–Trinajstić information content (AvgIpc) is 3.88. The molecule has 49 heavy (non-hydrogen) atoms. The fourth-order valence-electron chi connectivity index (χ4n) is 6.00. The van der Waals surface area contributed by atoms with E-state index in [4.69, 9.17) is 27.9 Å². The molecule has 1 saturated carbocycles. The Labute approximate surface area is 299 Å². The van der Waals surface area contributed by atoms with Gasteiger partial charge in [-0.15, -0.1) is 0 Å². The summed E-state index contributed by atoms with van der Waals surface area (Å²) in [6, 6.07) is 17.5. The number of carbonyl (C=O) groups excluding carboxylic acids is 2. The lowest BCUT2D eigenvalue weighted by Crippen LogP contribution is -2.56. The summed E-state index contributed by atoms with van der Waals surface area (Å²) in [7, 11) is 0.106. The molecule has 2 fully saturated rings. The molecule has 3 unspecified atom stereocenters. The van der Waals surface area contributed by atoms with Crippen LogP contribution in [0, 0.1) is 17.2 Å². The zero-order chi connectivity index (χ0) is 36.1. The van der Waals surface area contributed by atoms with Crippen LogP contribution >= 0.6 is 23.2 Å². The van der Waals surface area contributed by atoms with Gasteiger partial charge in [-0.25, -0.2) is 9.18 Å². The summed E-state index contributed by atoms with van der Waals surface area (Å²) in [5.41, 5.74) is -0.136. The standard InChI is InChI=1S/C31H38ClFN2O6S.C6H5Cl/c1-30(2,3)42(40)17-25(18-6-7-18)35-24(19-8-11-22(32)23(33)14-19)12-13-31(4,29(35)39)16-27(36)34-20-9-10-21(28(37)38)26(15-20)41-5;7-6-4-2-1-3-5-6/h8-11,14-15,18,24-25H,6-7,12-13,16-17H2,1-5H3,(H,34,36)(H,37,38);1-5H/t24?,25?,31-,42?;/m1./s1. The van der Waals surface area contributed by atoms with E-state index in [-0.39, 0.29) is 40.6 Å². The van der Waals surface area contributed by atoms with Gasteiger partial charge < -0.3 is 20.1 Å². The number of methoxy groups -OCH3 is 1. The zero-order valence-corrected chi connectivity index (χ0v) is 30.6. The van der Waals surface area contributed by atoms with Crippen molar-refractivity contribution in [2.24, 2.45) is 11.3 Å². The largest absolute Gasteiger partial charge is 0.496 e. The first-order chi connectivity index (χ1) is 23.0. The van der Waals surface area contributed by atoms with Gasteiger partial charge in [0.15, 0.2) is 0 Å². The summed E-state index contributed by atoms with van der Waals surface area (Å²) >= 11 is 11.5. The van der Waals surface area contributed by atoms with Crippen LogP contribution < -0.4 is 10.1 Å². The highest BCUT2D eigenvalue weighted by Gasteiger charge is 2.51. The Morgan fingerprint density at radius 1 is 1.08 bits per heavy atom. The minimum Gasteiger partial charge on any atom is -0.496 e. The Kier molecular flexibility index (Phi) is 12.5. The number of hydrogen-bond acceptors (Lipinski definition) is 5. The number of nitrogens with one attached hydrogen (secondary N) is 1. The van der Waals surface area contributed by atoms with Gasteiger partial charge in [0.2, 0.25) is 11.8 Å². The molecule has 1 aliphatic heterocycles. The quantitative estimate of drug-likeness (QED) is 0.216. The van der Waals surface area contributed by atoms with E-state index in [2.05, 4.69) is 5.32 Å². The lowest BCUT2D eigenvalue weighted by molar-refractivity contribution is -0.155. The van der Waals surface area contributed by atoms with Crippen molar-refractivity contribution in [2.75, 3.05) is 18.2 Å². The predicted molar refractivity (Wildman–Crippen MR) is 192 cm³/mol. The summed E-state index contributed by atoms with van der Waals surface area (Å²) in [6.45, 7) is 7.48. The Morgan fingerprint density at radius 2 is 1.76 bits per heavy atom. The summed E-state index contributed by atoms with van der Waals surface area (Å²) in [5, 5.41) is 12.9. The minimum absolute atomic E-state index is 0.00505. The van der Waals surface area contributed by atoms with Crippen LogP contribution in [0.3, 0.4) is 0 Å². The number of benzene rings is 3. The van der Waals surface area contributed by atoms with E-state index < -0.39 is 44.7 Å². The van der Waals surface area contributed by atoms with Crippen LogP contribution in [0.25, 0.3) is 0 Å². The van der Waals surface area contributed by atoms with E-state index >= 15 is 0 Å². The van der Waals surface area contributed by atoms with Gasteiger partial charge in [-0.3, -0.25) is 13.8 Å². The summed E-state index contributed by atoms with van der Waals surface area (Å²) < 4.78 is 32.6. The highest BCUT2D eigenvalue weighted by molar-refractivity contribution is 7.86. The third-order valence-corrected chi connectivity index (χ3v) is 11.5. The van der Waals surface area contributed by atoms with Gasteiger partial charge in [-0.1, -0.05) is 54.4 Å². The molecule has 2 N–H and O–H groups in total. The molecule has 4 atom stereocenters. The number of rotatable bonds is 10. The van der Waals surface area contributed by atoms with Crippen molar-refractivity contribution in [3.05, 3.63) is 93.7 Å². The number of ether oxygens (including phenoxy) is 1. The molecule has 264 valence electrons. The Hall–Kier alpha value is -3.47. The van der Waals surface area contributed by atoms with Crippen LogP contribution in [-0.2, 0) is 20.4 Å². The van der Waals surface area contributed by atoms with Crippen LogP contribution in [0.15, 0.2) is 66.7 Å². The van der Waals surface area contributed by atoms with Crippen molar-refractivity contribution in [1.82, 2.24) is 4.90 Å². The fourth-order valence-corrected chi connectivity index (χ4v) is 7.50. The number of hydrogen-bond donors (Lipinski definition) is 2. The maximum atomic E-state index is 14.6. The molecule has 5 rings (SSSR count). The van der Waals surface area contributed by atoms with Crippen LogP contribution in [-0.4, -0.2) is 55.7 Å². The number of likely N-dealkylation sites (tertiary alicyclic amines) is 1. The number of anilines is 1. The second-order valence-electron chi connectivity index (χ2n) is 13.8. The lowest BCUT2D eigenvalue weighted by Gasteiger charge is -2.48. The van der Waals surface area contributed by atoms with Crippen LogP contribution in [0.1, 0.15) is 81.8 Å². The molecular formula is C37H43Cl2FN2O6S. The average molecular weight is 734 g/mol. The topological polar surface area (TPSA) is 113 Å². The molecule has 3 aromatic rings. The van der Waals surface area contributed by atoms with Crippen molar-refractivity contribution >= 4 is 57.5 Å². The molecule has 1 aliphatic carbocycles. The van der Waals surface area contributed by atoms with Gasteiger partial charge in [-0.05, 0) is 94.3 Å². The highest BCUT2D eigenvalue weighted by Crippen LogP contribution is 2.48. The van der Waals surface area contributed by atoms with Crippen molar-refractivity contribution in [3.8, 4) is 5.75 Å². The summed E-state index contributed by atoms with van der Waals surface area (Å²) in [5.74, 6) is -1.79. The minimum atomic E-state index is -1.24. The molecule has 8 nitrogen and oxygen atoms in total. The van der Waals surface area contributed by atoms with Gasteiger partial charge >= 0.3 is 5.97 Å². The number of carboxylic acid groups (broad SMARTS) is 1. The molecule has 0 aromatic heterocycles. The van der Waals surface area contributed by atoms with Gasteiger partial charge in [0.05, 0.1) is 23.6 Å². The number of amides is 2. The molecule has 2 aliphatic rings. The Morgan fingerprint density at radius 3 is 2.29 bits per heavy atom. The van der Waals surface area contributed by atoms with E-state index in [0.29, 0.717) is 29.8 Å². The maximum absolute atomic E-state index is 14.6. The van der Waals surface area contributed by atoms with E-state index in [0.717, 1.165) is 17.9 Å². The predicted octanol–water partition coefficient (Wildman–Crippen LogP) is 8.55. The number of carboxylic acids is 1. The fraction of sp³-hybridized carbons (Fsp3) is 0.432. The van der Waals surface area contributed by atoms with Crippen LogP contribution in [0.5, 0.6) is 5.75 Å². The number of aromatic carboxylic acids is 1. The molecule has 12 heteroatoms. The van der Waals surface area contributed by atoms with E-state index in [1.54, 1.807) is 17.9 Å². The summed E-state index contributed by atoms with van der Waals surface area (Å²) in [4.78, 5) is 40.9. The van der Waals surface area contributed by atoms with Crippen molar-refractivity contribution in [1.29, 1.82) is 0 Å². The normalized spacial score (nSPS) is 20.4. The number of carbonyl (C=O) groups is 3. The first-order valence-electron chi connectivity index (χ1n) is 16.1. The lowest BCUT2D eigenvalue weighted by atomic mass is 9.74. The molecule has 0 radical (unpaired) electrons. The Bertz CT molecular complexity index is 1700. The molecule has 1 saturated heterocycles. The maximum Gasteiger partial charge on any atom is 0.339 e. The van der Waals surface area contributed by atoms with Gasteiger partial charge in [0, 0.05) is 50.5 Å². The second kappa shape index (κ2) is 16.0. The number of piperidine rings is 1. The van der Waals surface area contributed by atoms with Gasteiger partial charge in [0.1, 0.15) is 17.1 Å². The van der Waals surface area contributed by atoms with Crippen molar-refractivity contribution < 1.29 is 32.8 Å². The molecule has 0 bridgehead atoms. The molecular weight excluding hydrogens is 690 g/mol. The number of halogens is 3. The van der Waals surface area contributed by atoms with Crippen molar-refractivity contribution in [2.45, 2.75) is 76.6 Å².